The third-order valence-electron chi connectivity index (χ3n) is 2.60. The second kappa shape index (κ2) is 13.4. The van der Waals surface area contributed by atoms with Crippen LogP contribution in [0.2, 0.25) is 0 Å². The van der Waals surface area contributed by atoms with Crippen LogP contribution in [0, 0.1) is 4.77 Å². The lowest BCUT2D eigenvalue weighted by Crippen LogP contribution is -2.31. The Morgan fingerprint density at radius 3 is 1.52 bits per heavy atom. The van der Waals surface area contributed by atoms with Crippen LogP contribution < -0.4 is 5.56 Å². The molecule has 12 N–H and O–H groups in total. The zero-order valence-electron chi connectivity index (χ0n) is 15.1. The largest absolute Gasteiger partial charge is 0.466 e. The molecule has 1 aliphatic heterocycles. The van der Waals surface area contributed by atoms with Gasteiger partial charge in [0.2, 0.25) is 0 Å². The smallest absolute Gasteiger partial charge is 0.389 e. The van der Waals surface area contributed by atoms with Gasteiger partial charge in [0.05, 0.1) is 6.10 Å². The molecule has 0 aliphatic carbocycles. The molecular weight excluding hydrogens is 533 g/mol. The summed E-state index contributed by atoms with van der Waals surface area (Å²) in [5.74, 6) is 0. The lowest BCUT2D eigenvalue weighted by molar-refractivity contribution is 0.0196. The Morgan fingerprint density at radius 1 is 0.903 bits per heavy atom. The highest BCUT2D eigenvalue weighted by molar-refractivity contribution is 8.00. The molecule has 184 valence electrons. The molecular formula is C9H21N2O15P3S2. The molecule has 1 aromatic heterocycles. The summed E-state index contributed by atoms with van der Waals surface area (Å²) in [6.07, 6.45) is -0.117. The van der Waals surface area contributed by atoms with E-state index >= 15 is 0 Å². The van der Waals surface area contributed by atoms with Crippen LogP contribution in [0.3, 0.4) is 0 Å². The Morgan fingerprint density at radius 2 is 1.26 bits per heavy atom. The Balaban J connectivity index is 0. The summed E-state index contributed by atoms with van der Waals surface area (Å²) in [7, 11) is -13.9. The predicted molar refractivity (Wildman–Crippen MR) is 107 cm³/mol. The van der Waals surface area contributed by atoms with Crippen LogP contribution in [-0.4, -0.2) is 81.3 Å². The molecule has 0 amide bonds. The fourth-order valence-corrected chi connectivity index (χ4v) is 3.42. The van der Waals surface area contributed by atoms with E-state index in [-0.39, 0.29) is 21.0 Å². The lowest BCUT2D eigenvalue weighted by Gasteiger charge is -2.18. The molecule has 22 heteroatoms. The van der Waals surface area contributed by atoms with Crippen LogP contribution in [0.5, 0.6) is 0 Å². The average molecular weight is 554 g/mol. The highest BCUT2D eigenvalue weighted by atomic mass is 32.2. The molecule has 17 nitrogen and oxygen atoms in total. The van der Waals surface area contributed by atoms with Crippen LogP contribution in [-0.2, 0) is 13.7 Å². The molecule has 1 aromatic rings. The molecule has 0 unspecified atom stereocenters. The van der Waals surface area contributed by atoms with E-state index in [4.69, 9.17) is 70.0 Å². The molecule has 0 aromatic carbocycles. The number of hydrogen-bond donors (Lipinski definition) is 12. The minimum absolute atomic E-state index is 0.0613. The Labute approximate surface area is 182 Å². The second-order valence-electron chi connectivity index (χ2n) is 5.27. The van der Waals surface area contributed by atoms with E-state index in [0.717, 1.165) is 0 Å². The Bertz CT molecular complexity index is 862. The van der Waals surface area contributed by atoms with Crippen molar-refractivity contribution in [3.05, 3.63) is 27.4 Å². The molecule has 0 bridgehead atoms. The first-order valence-corrected chi connectivity index (χ1v) is 13.2. The monoisotopic (exact) mass is 554 g/mol. The van der Waals surface area contributed by atoms with Crippen molar-refractivity contribution in [3.63, 3.8) is 0 Å². The maximum absolute atomic E-state index is 11.0. The minimum atomic E-state index is -4.64. The number of aromatic nitrogens is 2. The van der Waals surface area contributed by atoms with Crippen LogP contribution in [0.1, 0.15) is 12.3 Å². The summed E-state index contributed by atoms with van der Waals surface area (Å²) in [6.45, 7) is 1.84. The average Bonchev–Trinajstić information content (AvgIpc) is 2.70. The van der Waals surface area contributed by atoms with E-state index in [1.165, 1.54) is 24.0 Å². The summed E-state index contributed by atoms with van der Waals surface area (Å²) < 4.78 is 28.5. The molecule has 2 rings (SSSR count). The zero-order valence-corrected chi connectivity index (χ0v) is 19.4. The molecule has 0 spiro atoms. The number of nitrogens with one attached hydrogen (secondary N) is 1. The number of H-pyrrole nitrogens is 1. The maximum Gasteiger partial charge on any atom is 0.466 e. The Hall–Kier alpha value is -0.300. The summed E-state index contributed by atoms with van der Waals surface area (Å²) in [5.41, 5.74) is -0.271. The molecule has 1 fully saturated rings. The molecule has 2 heterocycles. The van der Waals surface area contributed by atoms with E-state index < -0.39 is 35.7 Å². The van der Waals surface area contributed by atoms with Gasteiger partial charge in [0.15, 0.2) is 4.77 Å². The van der Waals surface area contributed by atoms with Crippen molar-refractivity contribution in [2.24, 2.45) is 0 Å². The fourth-order valence-electron chi connectivity index (χ4n) is 1.69. The van der Waals surface area contributed by atoms with Gasteiger partial charge < -0.3 is 58.8 Å². The number of aromatic amines is 1. The van der Waals surface area contributed by atoms with Gasteiger partial charge in [0.1, 0.15) is 11.5 Å². The number of phosphoric acid groups is 3. The quantitative estimate of drug-likeness (QED) is 0.126. The van der Waals surface area contributed by atoms with Gasteiger partial charge in [-0.05, 0) is 12.2 Å². The van der Waals surface area contributed by atoms with Gasteiger partial charge >= 0.3 is 23.5 Å². The molecule has 0 radical (unpaired) electrons. The highest BCUT2D eigenvalue weighted by Crippen LogP contribution is 2.41. The van der Waals surface area contributed by atoms with Gasteiger partial charge in [-0.15, -0.1) is 11.8 Å². The maximum atomic E-state index is 11.0. The summed E-state index contributed by atoms with van der Waals surface area (Å²) in [6, 6.07) is 1.35. The van der Waals surface area contributed by atoms with Gasteiger partial charge in [-0.2, -0.15) is 0 Å². The van der Waals surface area contributed by atoms with E-state index in [1.807, 2.05) is 6.92 Å². The van der Waals surface area contributed by atoms with E-state index in [1.54, 1.807) is 4.57 Å². The number of aliphatic hydroxyl groups is 2. The van der Waals surface area contributed by atoms with Crippen molar-refractivity contribution >= 4 is 47.4 Å². The van der Waals surface area contributed by atoms with Crippen molar-refractivity contribution in [2.45, 2.75) is 29.8 Å². The lowest BCUT2D eigenvalue weighted by atomic mass is 10.1. The summed E-state index contributed by atoms with van der Waals surface area (Å²) in [5, 5.41) is 19.1. The third-order valence-corrected chi connectivity index (χ3v) is 4.41. The number of rotatable bonds is 1. The van der Waals surface area contributed by atoms with Crippen LogP contribution >= 0.6 is 47.4 Å². The van der Waals surface area contributed by atoms with E-state index in [2.05, 4.69) is 4.98 Å². The first-order chi connectivity index (χ1) is 13.5. The van der Waals surface area contributed by atoms with E-state index in [9.17, 15) is 15.0 Å². The third kappa shape index (κ3) is 21.3. The SMILES string of the molecule is C[C@H]1S[C@@H](n2ccc(=O)[nH]c2=S)[C@H](O)[C@@H]1O.O=P(O)(O)O.O=P(O)(O)O.O=P(O)(O)O. The molecule has 1 aliphatic rings. The normalized spacial score (nSPS) is 23.4. The summed E-state index contributed by atoms with van der Waals surface area (Å²) in [4.78, 5) is 78.2. The van der Waals surface area contributed by atoms with Crippen molar-refractivity contribution < 1.29 is 67.9 Å². The van der Waals surface area contributed by atoms with Crippen molar-refractivity contribution in [2.75, 3.05) is 0 Å². The van der Waals surface area contributed by atoms with Gasteiger partial charge in [-0.25, -0.2) is 13.7 Å². The van der Waals surface area contributed by atoms with Crippen molar-refractivity contribution in [3.8, 4) is 0 Å². The van der Waals surface area contributed by atoms with Crippen LogP contribution in [0.15, 0.2) is 17.1 Å². The first kappa shape index (κ1) is 32.9. The molecule has 4 atom stereocenters. The van der Waals surface area contributed by atoms with Gasteiger partial charge in [-0.1, -0.05) is 6.92 Å². The number of hydrogen-bond acceptors (Lipinski definition) is 8. The number of aliphatic hydroxyl groups excluding tert-OH is 2. The minimum Gasteiger partial charge on any atom is -0.389 e. The van der Waals surface area contributed by atoms with Crippen LogP contribution in [0.25, 0.3) is 0 Å². The fraction of sp³-hybridized carbons (Fsp3) is 0.556. The number of nitrogens with zero attached hydrogens (tertiary/aromatic N) is 1. The predicted octanol–water partition coefficient (Wildman–Crippen LogP) is -2.52. The van der Waals surface area contributed by atoms with Crippen LogP contribution in [0.4, 0.5) is 0 Å². The van der Waals surface area contributed by atoms with E-state index in [0.29, 0.717) is 0 Å². The standard InChI is InChI=1S/C9H12N2O3S2.3H3O4P/c1-4-6(13)7(14)8(16-4)11-3-2-5(12)10-9(11)15;3*1-5(2,3)4/h2-4,6-8,13-14H,1H3,(H,10,12,15);3*(H3,1,2,3,4)/t4-,6-,7-,8-;;;/m1.../s1. The molecule has 31 heavy (non-hydrogen) atoms. The summed E-state index contributed by atoms with van der Waals surface area (Å²) >= 11 is 6.44. The second-order valence-corrected chi connectivity index (χ2v) is 10.2. The topological polar surface area (TPSA) is 312 Å². The Kier molecular flexibility index (Phi) is 14.2. The number of thioether (sulfide) groups is 1. The first-order valence-electron chi connectivity index (χ1n) is 7.18. The van der Waals surface area contributed by atoms with Gasteiger partial charge in [-0.3, -0.25) is 9.78 Å². The zero-order chi connectivity index (χ0) is 25.4. The highest BCUT2D eigenvalue weighted by Gasteiger charge is 2.40. The molecule has 1 saturated heterocycles. The molecule has 0 saturated carbocycles. The van der Waals surface area contributed by atoms with Crippen molar-refractivity contribution in [1.82, 2.24) is 9.55 Å². The van der Waals surface area contributed by atoms with Gasteiger partial charge in [0, 0.05) is 17.5 Å². The van der Waals surface area contributed by atoms with Crippen molar-refractivity contribution in [1.29, 1.82) is 0 Å². The van der Waals surface area contributed by atoms with Gasteiger partial charge in [0.25, 0.3) is 5.56 Å².